The van der Waals surface area contributed by atoms with Gasteiger partial charge in [-0.25, -0.2) is 8.78 Å². The van der Waals surface area contributed by atoms with Crippen LogP contribution in [0, 0.1) is 17.6 Å². The van der Waals surface area contributed by atoms with Crippen LogP contribution in [-0.2, 0) is 0 Å². The minimum atomic E-state index is -0.750. The lowest BCUT2D eigenvalue weighted by Crippen LogP contribution is -2.15. The fourth-order valence-corrected chi connectivity index (χ4v) is 4.15. The summed E-state index contributed by atoms with van der Waals surface area (Å²) in [6.45, 7) is 0. The van der Waals surface area contributed by atoms with Gasteiger partial charge in [-0.2, -0.15) is 0 Å². The molecule has 1 aliphatic carbocycles. The number of benzene rings is 2. The average Bonchev–Trinajstić information content (AvgIpc) is 2.64. The molecule has 24 heavy (non-hydrogen) atoms. The molecule has 2 aromatic carbocycles. The molecule has 0 N–H and O–H groups in total. The molecule has 1 fully saturated rings. The van der Waals surface area contributed by atoms with Crippen molar-refractivity contribution in [2.24, 2.45) is 5.92 Å². The molecule has 0 unspecified atom stereocenters. The zero-order valence-corrected chi connectivity index (χ0v) is 15.3. The first-order valence-electron chi connectivity index (χ1n) is 8.32. The maximum absolute atomic E-state index is 14.6. The van der Waals surface area contributed by atoms with Crippen LogP contribution in [0.3, 0.4) is 0 Å². The molecule has 3 rings (SSSR count). The van der Waals surface area contributed by atoms with E-state index in [1.807, 2.05) is 0 Å². The molecule has 0 atom stereocenters. The second-order valence-electron chi connectivity index (χ2n) is 6.43. The molecule has 0 aliphatic heterocycles. The van der Waals surface area contributed by atoms with Gasteiger partial charge in [0.1, 0.15) is 5.75 Å². The molecule has 0 spiro atoms. The first kappa shape index (κ1) is 17.4. The van der Waals surface area contributed by atoms with Crippen molar-refractivity contribution in [2.45, 2.75) is 31.6 Å². The van der Waals surface area contributed by atoms with Gasteiger partial charge >= 0.3 is 0 Å². The number of ether oxygens (including phenoxy) is 1. The molecule has 1 saturated carbocycles. The van der Waals surface area contributed by atoms with Gasteiger partial charge in [0, 0.05) is 10.9 Å². The Labute approximate surface area is 150 Å². The Morgan fingerprint density at radius 3 is 2.21 bits per heavy atom. The highest BCUT2D eigenvalue weighted by Crippen LogP contribution is 2.39. The van der Waals surface area contributed by atoms with Gasteiger partial charge in [0.2, 0.25) is 0 Å². The third-order valence-electron chi connectivity index (χ3n) is 5.02. The van der Waals surface area contributed by atoms with Crippen molar-refractivity contribution >= 4 is 15.9 Å². The molecule has 128 valence electrons. The topological polar surface area (TPSA) is 9.23 Å². The number of hydrogen-bond donors (Lipinski definition) is 0. The van der Waals surface area contributed by atoms with E-state index in [0.29, 0.717) is 28.4 Å². The predicted molar refractivity (Wildman–Crippen MR) is 96.8 cm³/mol. The largest absolute Gasteiger partial charge is 0.497 e. The summed E-state index contributed by atoms with van der Waals surface area (Å²) in [5, 5.41) is 0.993. The summed E-state index contributed by atoms with van der Waals surface area (Å²) in [5.74, 6) is 0.0399. The Bertz CT molecular complexity index is 692. The highest BCUT2D eigenvalue weighted by Gasteiger charge is 2.26. The van der Waals surface area contributed by atoms with Crippen LogP contribution in [0.2, 0.25) is 0 Å². The lowest BCUT2D eigenvalue weighted by Gasteiger charge is -2.28. The molecule has 4 heteroatoms. The van der Waals surface area contributed by atoms with E-state index in [2.05, 4.69) is 15.9 Å². The summed E-state index contributed by atoms with van der Waals surface area (Å²) >= 11 is 3.52. The Morgan fingerprint density at radius 2 is 1.62 bits per heavy atom. The highest BCUT2D eigenvalue weighted by atomic mass is 79.9. The number of hydrogen-bond acceptors (Lipinski definition) is 1. The van der Waals surface area contributed by atoms with Crippen LogP contribution in [0.25, 0.3) is 11.1 Å². The monoisotopic (exact) mass is 394 g/mol. The first-order valence-corrected chi connectivity index (χ1v) is 9.44. The van der Waals surface area contributed by atoms with Gasteiger partial charge in [0.25, 0.3) is 0 Å². The van der Waals surface area contributed by atoms with Gasteiger partial charge in [0.05, 0.1) is 7.11 Å². The van der Waals surface area contributed by atoms with E-state index in [1.165, 1.54) is 0 Å². The number of alkyl halides is 1. The summed E-state index contributed by atoms with van der Waals surface area (Å²) in [5.41, 5.74) is 1.48. The number of rotatable bonds is 4. The van der Waals surface area contributed by atoms with Crippen molar-refractivity contribution in [1.82, 2.24) is 0 Å². The SMILES string of the molecule is COc1ccc(-c2ccc(C3CCC(CBr)CC3)c(F)c2F)cc1. The molecular weight excluding hydrogens is 374 g/mol. The second-order valence-corrected chi connectivity index (χ2v) is 7.08. The van der Waals surface area contributed by atoms with Crippen LogP contribution in [0.1, 0.15) is 37.2 Å². The van der Waals surface area contributed by atoms with Crippen molar-refractivity contribution in [3.63, 3.8) is 0 Å². The third-order valence-corrected chi connectivity index (χ3v) is 5.93. The maximum atomic E-state index is 14.6. The summed E-state index contributed by atoms with van der Waals surface area (Å²) in [7, 11) is 1.58. The minimum Gasteiger partial charge on any atom is -0.497 e. The van der Waals surface area contributed by atoms with Gasteiger partial charge in [-0.15, -0.1) is 0 Å². The van der Waals surface area contributed by atoms with Crippen molar-refractivity contribution in [2.75, 3.05) is 12.4 Å². The van der Waals surface area contributed by atoms with Crippen LogP contribution in [0.5, 0.6) is 5.75 Å². The lowest BCUT2D eigenvalue weighted by molar-refractivity contribution is 0.345. The highest BCUT2D eigenvalue weighted by molar-refractivity contribution is 9.09. The van der Waals surface area contributed by atoms with Crippen molar-refractivity contribution in [1.29, 1.82) is 0 Å². The van der Waals surface area contributed by atoms with Crippen LogP contribution >= 0.6 is 15.9 Å². The molecule has 0 bridgehead atoms. The molecule has 0 aromatic heterocycles. The van der Waals surface area contributed by atoms with Gasteiger partial charge in [0.15, 0.2) is 11.6 Å². The van der Waals surface area contributed by atoms with Crippen molar-refractivity contribution < 1.29 is 13.5 Å². The van der Waals surface area contributed by atoms with Crippen LogP contribution in [0.15, 0.2) is 36.4 Å². The smallest absolute Gasteiger partial charge is 0.166 e. The first-order chi connectivity index (χ1) is 11.6. The van der Waals surface area contributed by atoms with Gasteiger partial charge < -0.3 is 4.74 Å². The van der Waals surface area contributed by atoms with Crippen molar-refractivity contribution in [3.8, 4) is 16.9 Å². The molecule has 0 heterocycles. The maximum Gasteiger partial charge on any atom is 0.166 e. The summed E-state index contributed by atoms with van der Waals surface area (Å²) in [4.78, 5) is 0. The normalized spacial score (nSPS) is 20.8. The van der Waals surface area contributed by atoms with Crippen LogP contribution < -0.4 is 4.74 Å². The zero-order chi connectivity index (χ0) is 17.1. The van der Waals surface area contributed by atoms with E-state index < -0.39 is 11.6 Å². The molecule has 0 amide bonds. The minimum absolute atomic E-state index is 0.125. The predicted octanol–water partition coefficient (Wildman–Crippen LogP) is 6.31. The fourth-order valence-electron chi connectivity index (χ4n) is 3.50. The number of methoxy groups -OCH3 is 1. The third kappa shape index (κ3) is 3.49. The molecular formula is C20H21BrF2O. The molecule has 1 aliphatic rings. The van der Waals surface area contributed by atoms with E-state index in [1.54, 1.807) is 43.5 Å². The molecule has 2 aromatic rings. The van der Waals surface area contributed by atoms with Gasteiger partial charge in [-0.05, 0) is 60.8 Å². The molecule has 1 nitrogen and oxygen atoms in total. The van der Waals surface area contributed by atoms with Gasteiger partial charge in [-0.1, -0.05) is 40.2 Å². The Kier molecular flexibility index (Phi) is 5.54. The Balaban J connectivity index is 1.86. The standard InChI is InChI=1S/C20H21BrF2O/c1-24-16-8-6-15(7-9-16)18-11-10-17(19(22)20(18)23)14-4-2-13(12-21)3-5-14/h6-11,13-14H,2-5,12H2,1H3. The van der Waals surface area contributed by atoms with E-state index in [-0.39, 0.29) is 5.92 Å². The Morgan fingerprint density at radius 1 is 0.958 bits per heavy atom. The van der Waals surface area contributed by atoms with E-state index >= 15 is 0 Å². The quantitative estimate of drug-likeness (QED) is 0.552. The number of halogens is 3. The van der Waals surface area contributed by atoms with E-state index in [4.69, 9.17) is 4.74 Å². The summed E-state index contributed by atoms with van der Waals surface area (Å²) in [6, 6.07) is 10.5. The zero-order valence-electron chi connectivity index (χ0n) is 13.7. The van der Waals surface area contributed by atoms with E-state index in [9.17, 15) is 8.78 Å². The van der Waals surface area contributed by atoms with E-state index in [0.717, 1.165) is 31.0 Å². The lowest BCUT2D eigenvalue weighted by atomic mass is 9.79. The second kappa shape index (κ2) is 7.64. The van der Waals surface area contributed by atoms with Crippen LogP contribution in [-0.4, -0.2) is 12.4 Å². The van der Waals surface area contributed by atoms with Gasteiger partial charge in [-0.3, -0.25) is 0 Å². The molecule has 0 radical (unpaired) electrons. The van der Waals surface area contributed by atoms with Crippen LogP contribution in [0.4, 0.5) is 8.78 Å². The fraction of sp³-hybridized carbons (Fsp3) is 0.400. The average molecular weight is 395 g/mol. The van der Waals surface area contributed by atoms with Crippen molar-refractivity contribution in [3.05, 3.63) is 53.6 Å². The summed E-state index contributed by atoms with van der Waals surface area (Å²) < 4.78 is 34.4. The Hall–Kier alpha value is -1.42. The summed E-state index contributed by atoms with van der Waals surface area (Å²) in [6.07, 6.45) is 3.98. The molecule has 0 saturated heterocycles.